The number of rotatable bonds is 3. The molecule has 1 saturated carbocycles. The second-order valence-corrected chi connectivity index (χ2v) is 7.77. The smallest absolute Gasteiger partial charge is 0.217 e. The van der Waals surface area contributed by atoms with E-state index in [4.69, 9.17) is 16.7 Å². The first kappa shape index (κ1) is 17.3. The van der Waals surface area contributed by atoms with Crippen LogP contribution in [0.5, 0.6) is 5.75 Å². The van der Waals surface area contributed by atoms with Crippen LogP contribution in [0, 0.1) is 6.92 Å². The largest absolute Gasteiger partial charge is 0.508 e. The number of hydrogen-bond acceptors (Lipinski definition) is 4. The minimum Gasteiger partial charge on any atom is -0.508 e. The summed E-state index contributed by atoms with van der Waals surface area (Å²) < 4.78 is 3.69. The number of phenolic OH excluding ortho intramolecular Hbond substituents is 1. The Hall–Kier alpha value is -2.86. The lowest BCUT2D eigenvalue weighted by molar-refractivity contribution is 0.423. The van der Waals surface area contributed by atoms with E-state index in [0.29, 0.717) is 22.7 Å². The summed E-state index contributed by atoms with van der Waals surface area (Å²) >= 11 is 6.68. The fraction of sp³-hybridized carbons (Fsp3) is 0.286. The van der Waals surface area contributed by atoms with E-state index >= 15 is 0 Å². The SMILES string of the molecule is Cc1c(O)cccc1-c1cn2nc(-c3nccn3C)nc(Cl)c2c1C1CCC1. The van der Waals surface area contributed by atoms with Gasteiger partial charge in [-0.3, -0.25) is 0 Å². The summed E-state index contributed by atoms with van der Waals surface area (Å²) in [4.78, 5) is 8.90. The topological polar surface area (TPSA) is 68.2 Å². The standard InChI is InChI=1S/C21H20ClN5O/c1-12-14(7-4-8-16(12)28)15-11-27-18(17(15)13-5-3-6-13)19(22)24-20(25-27)21-23-9-10-26(21)2/h4,7-11,13,28H,3,5-6H2,1-2H3. The Kier molecular flexibility index (Phi) is 3.91. The van der Waals surface area contributed by atoms with E-state index in [2.05, 4.69) is 9.97 Å². The Morgan fingerprint density at radius 3 is 2.71 bits per heavy atom. The third kappa shape index (κ3) is 2.52. The van der Waals surface area contributed by atoms with Crippen molar-refractivity contribution in [1.82, 2.24) is 24.1 Å². The Morgan fingerprint density at radius 1 is 1.21 bits per heavy atom. The summed E-state index contributed by atoms with van der Waals surface area (Å²) in [5, 5.41) is 15.4. The van der Waals surface area contributed by atoms with Crippen molar-refractivity contribution in [3.8, 4) is 28.5 Å². The van der Waals surface area contributed by atoms with Gasteiger partial charge in [-0.05, 0) is 48.4 Å². The molecule has 5 rings (SSSR count). The first-order valence-corrected chi connectivity index (χ1v) is 9.78. The highest BCUT2D eigenvalue weighted by Gasteiger charge is 2.29. The number of halogens is 1. The molecule has 3 heterocycles. The van der Waals surface area contributed by atoms with Gasteiger partial charge in [0.1, 0.15) is 11.3 Å². The monoisotopic (exact) mass is 393 g/mol. The Balaban J connectivity index is 1.80. The number of aromatic nitrogens is 5. The second kappa shape index (κ2) is 6.34. The molecule has 1 fully saturated rings. The van der Waals surface area contributed by atoms with Crippen LogP contribution in [0.15, 0.2) is 36.8 Å². The normalized spacial score (nSPS) is 14.5. The summed E-state index contributed by atoms with van der Waals surface area (Å²) in [7, 11) is 1.90. The Bertz CT molecular complexity index is 1210. The number of fused-ring (bicyclic) bond motifs is 1. The van der Waals surface area contributed by atoms with Crippen LogP contribution >= 0.6 is 11.6 Å². The van der Waals surface area contributed by atoms with E-state index in [1.807, 2.05) is 47.6 Å². The molecule has 0 spiro atoms. The Morgan fingerprint density at radius 2 is 2.04 bits per heavy atom. The zero-order chi connectivity index (χ0) is 19.4. The molecular formula is C21H20ClN5O. The van der Waals surface area contributed by atoms with E-state index in [1.54, 1.807) is 12.3 Å². The number of hydrogen-bond donors (Lipinski definition) is 1. The molecule has 0 amide bonds. The van der Waals surface area contributed by atoms with Gasteiger partial charge in [0.05, 0.1) is 0 Å². The molecule has 142 valence electrons. The highest BCUT2D eigenvalue weighted by Crippen LogP contribution is 2.46. The number of nitrogens with zero attached hydrogens (tertiary/aromatic N) is 5. The van der Waals surface area contributed by atoms with E-state index < -0.39 is 0 Å². The molecule has 1 N–H and O–H groups in total. The molecular weight excluding hydrogens is 374 g/mol. The van der Waals surface area contributed by atoms with Gasteiger partial charge in [0.25, 0.3) is 0 Å². The molecule has 0 radical (unpaired) electrons. The van der Waals surface area contributed by atoms with Crippen molar-refractivity contribution in [3.05, 3.63) is 53.1 Å². The Labute approximate surface area is 167 Å². The minimum atomic E-state index is 0.290. The van der Waals surface area contributed by atoms with Gasteiger partial charge in [0, 0.05) is 31.2 Å². The zero-order valence-electron chi connectivity index (χ0n) is 15.7. The van der Waals surface area contributed by atoms with Crippen molar-refractivity contribution in [1.29, 1.82) is 0 Å². The van der Waals surface area contributed by atoms with Gasteiger partial charge in [-0.25, -0.2) is 14.5 Å². The van der Waals surface area contributed by atoms with Crippen LogP contribution in [0.3, 0.4) is 0 Å². The van der Waals surface area contributed by atoms with Crippen LogP contribution in [0.25, 0.3) is 28.3 Å². The van der Waals surface area contributed by atoms with Crippen molar-refractivity contribution >= 4 is 17.1 Å². The zero-order valence-corrected chi connectivity index (χ0v) is 16.5. The molecule has 0 unspecified atom stereocenters. The molecule has 1 aliphatic carbocycles. The van der Waals surface area contributed by atoms with Crippen LogP contribution in [-0.4, -0.2) is 29.3 Å². The number of aromatic hydroxyl groups is 1. The van der Waals surface area contributed by atoms with Gasteiger partial charge in [0.2, 0.25) is 5.82 Å². The van der Waals surface area contributed by atoms with Gasteiger partial charge < -0.3 is 9.67 Å². The van der Waals surface area contributed by atoms with Gasteiger partial charge in [-0.15, -0.1) is 5.10 Å². The first-order valence-electron chi connectivity index (χ1n) is 9.40. The lowest BCUT2D eigenvalue weighted by atomic mass is 9.77. The highest BCUT2D eigenvalue weighted by molar-refractivity contribution is 6.33. The van der Waals surface area contributed by atoms with Crippen molar-refractivity contribution < 1.29 is 5.11 Å². The summed E-state index contributed by atoms with van der Waals surface area (Å²) in [6, 6.07) is 5.62. The van der Waals surface area contributed by atoms with Gasteiger partial charge >= 0.3 is 0 Å². The van der Waals surface area contributed by atoms with Crippen LogP contribution in [0.4, 0.5) is 0 Å². The van der Waals surface area contributed by atoms with Gasteiger partial charge in [-0.1, -0.05) is 30.2 Å². The molecule has 3 aromatic heterocycles. The van der Waals surface area contributed by atoms with Crippen LogP contribution < -0.4 is 0 Å². The van der Waals surface area contributed by atoms with Gasteiger partial charge in [-0.2, -0.15) is 0 Å². The number of benzene rings is 1. The maximum absolute atomic E-state index is 10.2. The molecule has 1 aromatic carbocycles. The quantitative estimate of drug-likeness (QED) is 0.546. The van der Waals surface area contributed by atoms with Crippen molar-refractivity contribution in [2.75, 3.05) is 0 Å². The summed E-state index contributed by atoms with van der Waals surface area (Å²) in [6.45, 7) is 1.93. The molecule has 0 bridgehead atoms. The number of aryl methyl sites for hydroxylation is 1. The maximum Gasteiger partial charge on any atom is 0.217 e. The fourth-order valence-corrected chi connectivity index (χ4v) is 4.25. The van der Waals surface area contributed by atoms with Crippen molar-refractivity contribution in [2.24, 2.45) is 7.05 Å². The molecule has 28 heavy (non-hydrogen) atoms. The van der Waals surface area contributed by atoms with Crippen molar-refractivity contribution in [2.45, 2.75) is 32.1 Å². The minimum absolute atomic E-state index is 0.290. The molecule has 1 aliphatic rings. The van der Waals surface area contributed by atoms with E-state index in [9.17, 15) is 5.11 Å². The van der Waals surface area contributed by atoms with E-state index in [1.165, 1.54) is 12.0 Å². The van der Waals surface area contributed by atoms with Crippen LogP contribution in [0.1, 0.15) is 36.3 Å². The number of imidazole rings is 1. The average Bonchev–Trinajstić information content (AvgIpc) is 3.20. The average molecular weight is 394 g/mol. The van der Waals surface area contributed by atoms with Crippen LogP contribution in [-0.2, 0) is 7.05 Å². The van der Waals surface area contributed by atoms with E-state index in [-0.39, 0.29) is 5.75 Å². The second-order valence-electron chi connectivity index (χ2n) is 7.42. The lowest BCUT2D eigenvalue weighted by Crippen LogP contribution is -2.10. The summed E-state index contributed by atoms with van der Waals surface area (Å²) in [5.74, 6) is 1.87. The number of phenols is 1. The predicted octanol–water partition coefficient (Wildman–Crippen LogP) is 4.73. The molecule has 4 aromatic rings. The third-order valence-corrected chi connectivity index (χ3v) is 6.02. The van der Waals surface area contributed by atoms with Crippen molar-refractivity contribution in [3.63, 3.8) is 0 Å². The molecule has 0 atom stereocenters. The van der Waals surface area contributed by atoms with Gasteiger partial charge in [0.15, 0.2) is 11.0 Å². The third-order valence-electron chi connectivity index (χ3n) is 5.76. The highest BCUT2D eigenvalue weighted by atomic mass is 35.5. The fourth-order valence-electron chi connectivity index (χ4n) is 3.98. The maximum atomic E-state index is 10.2. The molecule has 0 saturated heterocycles. The predicted molar refractivity (Wildman–Crippen MR) is 109 cm³/mol. The van der Waals surface area contributed by atoms with Crippen LogP contribution in [0.2, 0.25) is 5.15 Å². The molecule has 6 nitrogen and oxygen atoms in total. The lowest BCUT2D eigenvalue weighted by Gasteiger charge is -2.27. The molecule has 0 aliphatic heterocycles. The van der Waals surface area contributed by atoms with E-state index in [0.717, 1.165) is 35.0 Å². The molecule has 7 heteroatoms. The summed E-state index contributed by atoms with van der Waals surface area (Å²) in [6.07, 6.45) is 9.04. The first-order chi connectivity index (χ1) is 13.5. The summed E-state index contributed by atoms with van der Waals surface area (Å²) in [5.41, 5.74) is 4.94.